The number of benzene rings is 1. The Labute approximate surface area is 117 Å². The third-order valence-electron chi connectivity index (χ3n) is 2.56. The van der Waals surface area contributed by atoms with Gasteiger partial charge in [0.2, 0.25) is 0 Å². The fourth-order valence-corrected chi connectivity index (χ4v) is 1.55. The van der Waals surface area contributed by atoms with Crippen LogP contribution in [0, 0.1) is 5.82 Å². The molecule has 20 heavy (non-hydrogen) atoms. The van der Waals surface area contributed by atoms with Crippen LogP contribution in [0.5, 0.6) is 0 Å². The molecule has 6 heteroatoms. The monoisotopic (exact) mass is 284 g/mol. The molecule has 0 heterocycles. The van der Waals surface area contributed by atoms with Gasteiger partial charge in [-0.25, -0.2) is 9.18 Å². The van der Waals surface area contributed by atoms with Gasteiger partial charge in [-0.1, -0.05) is 0 Å². The molecule has 1 atom stereocenters. The molecule has 1 unspecified atom stereocenters. The van der Waals surface area contributed by atoms with E-state index >= 15 is 0 Å². The quantitative estimate of drug-likeness (QED) is 0.795. The van der Waals surface area contributed by atoms with Crippen LogP contribution in [0.4, 0.5) is 14.9 Å². The molecule has 0 spiro atoms. The van der Waals surface area contributed by atoms with Crippen molar-refractivity contribution in [3.8, 4) is 0 Å². The highest BCUT2D eigenvalue weighted by Gasteiger charge is 2.25. The number of nitrogens with two attached hydrogens (primary N) is 1. The normalized spacial score (nSPS) is 14.6. The van der Waals surface area contributed by atoms with Crippen molar-refractivity contribution in [2.75, 3.05) is 11.9 Å². The zero-order chi connectivity index (χ0) is 15.6. The topological polar surface area (TPSA) is 84.6 Å². The number of aliphatic hydroxyl groups is 1. The van der Waals surface area contributed by atoms with E-state index in [2.05, 4.69) is 5.32 Å². The minimum Gasteiger partial charge on any atom is -0.444 e. The van der Waals surface area contributed by atoms with Crippen LogP contribution >= 0.6 is 0 Å². The largest absolute Gasteiger partial charge is 0.444 e. The van der Waals surface area contributed by atoms with E-state index in [1.807, 2.05) is 0 Å². The van der Waals surface area contributed by atoms with Crippen LogP contribution in [0.1, 0.15) is 33.3 Å². The number of carbonyl (C=O) groups is 1. The van der Waals surface area contributed by atoms with Gasteiger partial charge in [-0.2, -0.15) is 0 Å². The molecule has 0 bridgehead atoms. The predicted molar refractivity (Wildman–Crippen MR) is 74.9 cm³/mol. The van der Waals surface area contributed by atoms with Gasteiger partial charge < -0.3 is 15.6 Å². The van der Waals surface area contributed by atoms with Gasteiger partial charge in [0.05, 0.1) is 12.1 Å². The molecule has 0 radical (unpaired) electrons. The van der Waals surface area contributed by atoms with Crippen molar-refractivity contribution in [3.05, 3.63) is 29.6 Å². The summed E-state index contributed by atoms with van der Waals surface area (Å²) in [7, 11) is 0. The molecule has 0 aliphatic rings. The molecule has 0 aliphatic carbocycles. The highest BCUT2D eigenvalue weighted by Crippen LogP contribution is 2.24. The Morgan fingerprint density at radius 3 is 2.50 bits per heavy atom. The number of hydrogen-bond acceptors (Lipinski definition) is 4. The van der Waals surface area contributed by atoms with Crippen molar-refractivity contribution in [1.29, 1.82) is 0 Å². The lowest BCUT2D eigenvalue weighted by Crippen LogP contribution is -2.38. The maximum absolute atomic E-state index is 13.7. The number of halogens is 1. The number of amides is 1. The van der Waals surface area contributed by atoms with E-state index in [4.69, 9.17) is 10.5 Å². The SMILES string of the molecule is CC(C)(C)OC(=O)Nc1ccc(F)c(C(C)(N)CO)c1. The first-order valence-corrected chi connectivity index (χ1v) is 6.25. The van der Waals surface area contributed by atoms with Crippen molar-refractivity contribution in [1.82, 2.24) is 0 Å². The van der Waals surface area contributed by atoms with Crippen molar-refractivity contribution >= 4 is 11.8 Å². The van der Waals surface area contributed by atoms with Gasteiger partial charge >= 0.3 is 6.09 Å². The summed E-state index contributed by atoms with van der Waals surface area (Å²) < 4.78 is 18.8. The van der Waals surface area contributed by atoms with Crippen LogP contribution in [-0.2, 0) is 10.3 Å². The molecule has 0 aromatic heterocycles. The van der Waals surface area contributed by atoms with Crippen molar-refractivity contribution in [3.63, 3.8) is 0 Å². The Morgan fingerprint density at radius 1 is 1.40 bits per heavy atom. The summed E-state index contributed by atoms with van der Waals surface area (Å²) in [5.74, 6) is -0.543. The number of nitrogens with one attached hydrogen (secondary N) is 1. The molecule has 0 saturated heterocycles. The first-order chi connectivity index (χ1) is 9.05. The average molecular weight is 284 g/mol. The molecule has 5 nitrogen and oxygen atoms in total. The first-order valence-electron chi connectivity index (χ1n) is 6.25. The van der Waals surface area contributed by atoms with Gasteiger partial charge in [-0.3, -0.25) is 5.32 Å². The molecule has 1 amide bonds. The van der Waals surface area contributed by atoms with E-state index in [0.717, 1.165) is 0 Å². The lowest BCUT2D eigenvalue weighted by atomic mass is 9.93. The number of anilines is 1. The molecule has 1 aromatic rings. The minimum atomic E-state index is -1.23. The highest BCUT2D eigenvalue weighted by atomic mass is 19.1. The Hall–Kier alpha value is -1.66. The zero-order valence-corrected chi connectivity index (χ0v) is 12.2. The van der Waals surface area contributed by atoms with Gasteiger partial charge in [0.15, 0.2) is 0 Å². The van der Waals surface area contributed by atoms with E-state index in [0.29, 0.717) is 5.69 Å². The first kappa shape index (κ1) is 16.4. The summed E-state index contributed by atoms with van der Waals surface area (Å²) >= 11 is 0. The third-order valence-corrected chi connectivity index (χ3v) is 2.56. The van der Waals surface area contributed by atoms with E-state index in [1.54, 1.807) is 20.8 Å². The second kappa shape index (κ2) is 5.76. The van der Waals surface area contributed by atoms with Gasteiger partial charge in [-0.05, 0) is 45.9 Å². The molecule has 0 fully saturated rings. The van der Waals surface area contributed by atoms with Crippen LogP contribution in [0.2, 0.25) is 0 Å². The number of hydrogen-bond donors (Lipinski definition) is 3. The number of rotatable bonds is 3. The zero-order valence-electron chi connectivity index (χ0n) is 12.2. The molecular weight excluding hydrogens is 263 g/mol. The Balaban J connectivity index is 2.94. The average Bonchev–Trinajstić information content (AvgIpc) is 2.29. The van der Waals surface area contributed by atoms with Crippen molar-refractivity contribution in [2.45, 2.75) is 38.8 Å². The van der Waals surface area contributed by atoms with Gasteiger partial charge in [-0.15, -0.1) is 0 Å². The lowest BCUT2D eigenvalue weighted by Gasteiger charge is -2.24. The molecule has 1 rings (SSSR count). The van der Waals surface area contributed by atoms with Crippen LogP contribution < -0.4 is 11.1 Å². The number of aliphatic hydroxyl groups excluding tert-OH is 1. The Morgan fingerprint density at radius 2 is 2.00 bits per heavy atom. The maximum atomic E-state index is 13.7. The Kier molecular flexibility index (Phi) is 4.73. The van der Waals surface area contributed by atoms with Gasteiger partial charge in [0.1, 0.15) is 11.4 Å². The maximum Gasteiger partial charge on any atom is 0.412 e. The van der Waals surface area contributed by atoms with Crippen LogP contribution in [-0.4, -0.2) is 23.4 Å². The molecule has 112 valence electrons. The minimum absolute atomic E-state index is 0.119. The van der Waals surface area contributed by atoms with Crippen molar-refractivity contribution in [2.24, 2.45) is 5.73 Å². The highest BCUT2D eigenvalue weighted by molar-refractivity contribution is 5.85. The van der Waals surface area contributed by atoms with Gasteiger partial charge in [0.25, 0.3) is 0 Å². The Bertz CT molecular complexity index is 496. The number of carbonyl (C=O) groups excluding carboxylic acids is 1. The van der Waals surface area contributed by atoms with Crippen LogP contribution in [0.3, 0.4) is 0 Å². The fraction of sp³-hybridized carbons (Fsp3) is 0.500. The molecule has 4 N–H and O–H groups in total. The second-order valence-corrected chi connectivity index (χ2v) is 5.90. The summed E-state index contributed by atoms with van der Waals surface area (Å²) in [4.78, 5) is 11.6. The molecular formula is C14H21FN2O3. The standard InChI is InChI=1S/C14H21FN2O3/c1-13(2,3)20-12(19)17-9-5-6-11(15)10(7-9)14(4,16)8-18/h5-7,18H,8,16H2,1-4H3,(H,17,19). The molecule has 0 aliphatic heterocycles. The van der Waals surface area contributed by atoms with Crippen LogP contribution in [0.15, 0.2) is 18.2 Å². The summed E-state index contributed by atoms with van der Waals surface area (Å²) in [6, 6.07) is 3.97. The van der Waals surface area contributed by atoms with E-state index in [9.17, 15) is 14.3 Å². The van der Waals surface area contributed by atoms with Crippen molar-refractivity contribution < 1.29 is 19.0 Å². The summed E-state index contributed by atoms with van der Waals surface area (Å²) in [5, 5.41) is 11.7. The number of ether oxygens (including phenoxy) is 1. The predicted octanol–water partition coefficient (Wildman–Crippen LogP) is 2.34. The fourth-order valence-electron chi connectivity index (χ4n) is 1.55. The summed E-state index contributed by atoms with van der Waals surface area (Å²) in [6.45, 7) is 6.31. The molecule has 1 aromatic carbocycles. The lowest BCUT2D eigenvalue weighted by molar-refractivity contribution is 0.0636. The van der Waals surface area contributed by atoms with Gasteiger partial charge in [0, 0.05) is 11.3 Å². The van der Waals surface area contributed by atoms with E-state index < -0.39 is 29.7 Å². The summed E-state index contributed by atoms with van der Waals surface area (Å²) in [6.07, 6.45) is -0.641. The van der Waals surface area contributed by atoms with Crippen LogP contribution in [0.25, 0.3) is 0 Å². The summed E-state index contributed by atoms with van der Waals surface area (Å²) in [5.41, 5.74) is 4.42. The molecule has 0 saturated carbocycles. The second-order valence-electron chi connectivity index (χ2n) is 5.90. The third kappa shape index (κ3) is 4.47. The smallest absolute Gasteiger partial charge is 0.412 e. The van der Waals surface area contributed by atoms with E-state index in [1.165, 1.54) is 25.1 Å². The van der Waals surface area contributed by atoms with E-state index in [-0.39, 0.29) is 5.56 Å².